The van der Waals surface area contributed by atoms with Gasteiger partial charge in [0.1, 0.15) is 23.1 Å². The Morgan fingerprint density at radius 3 is 2.61 bits per heavy atom. The van der Waals surface area contributed by atoms with Crippen molar-refractivity contribution < 1.29 is 9.53 Å². The largest absolute Gasteiger partial charge is 0.496 e. The minimum absolute atomic E-state index is 0.292. The number of fused-ring (bicyclic) bond motifs is 1. The summed E-state index contributed by atoms with van der Waals surface area (Å²) in [5, 5.41) is 2.91. The molecule has 4 aromatic rings. The number of benzene rings is 2. The Kier molecular flexibility index (Phi) is 4.76. The highest BCUT2D eigenvalue weighted by atomic mass is 16.5. The van der Waals surface area contributed by atoms with Crippen LogP contribution in [-0.2, 0) is 6.42 Å². The van der Waals surface area contributed by atoms with Crippen LogP contribution in [-0.4, -0.2) is 33.8 Å². The predicted octanol–water partition coefficient (Wildman–Crippen LogP) is 4.16. The first-order valence-corrected chi connectivity index (χ1v) is 9.82. The molecule has 1 amide bonds. The zero-order valence-electron chi connectivity index (χ0n) is 16.8. The van der Waals surface area contributed by atoms with Crippen LogP contribution in [0.15, 0.2) is 78.2 Å². The lowest BCUT2D eigenvalue weighted by molar-refractivity contribution is 0.0972. The van der Waals surface area contributed by atoms with Crippen LogP contribution < -0.4 is 10.1 Å². The number of imidazole rings is 1. The number of carbonyl (C=O) groups excluding carboxylic acids is 1. The van der Waals surface area contributed by atoms with E-state index in [9.17, 15) is 4.79 Å². The summed E-state index contributed by atoms with van der Waals surface area (Å²) in [6.07, 6.45) is 5.36. The van der Waals surface area contributed by atoms with Gasteiger partial charge in [-0.2, -0.15) is 0 Å². The molecule has 0 spiro atoms. The highest BCUT2D eigenvalue weighted by molar-refractivity contribution is 6.09. The van der Waals surface area contributed by atoms with Crippen molar-refractivity contribution in [2.75, 3.05) is 7.11 Å². The molecule has 7 nitrogen and oxygen atoms in total. The topological polar surface area (TPSA) is 92.3 Å². The summed E-state index contributed by atoms with van der Waals surface area (Å²) in [6, 6.07) is 17.6. The molecule has 3 heterocycles. The summed E-state index contributed by atoms with van der Waals surface area (Å²) in [4.78, 5) is 28.9. The third kappa shape index (κ3) is 3.57. The third-order valence-corrected chi connectivity index (χ3v) is 5.17. The van der Waals surface area contributed by atoms with Gasteiger partial charge in [-0.1, -0.05) is 30.3 Å². The van der Waals surface area contributed by atoms with Crippen molar-refractivity contribution in [1.82, 2.24) is 20.3 Å². The van der Waals surface area contributed by atoms with Crippen LogP contribution >= 0.6 is 0 Å². The molecule has 0 saturated heterocycles. The number of H-pyrrole nitrogens is 1. The molecular weight excluding hydrogens is 390 g/mol. The monoisotopic (exact) mass is 409 g/mol. The number of ether oxygens (including phenoxy) is 1. The fourth-order valence-corrected chi connectivity index (χ4v) is 3.66. The molecule has 7 heteroatoms. The maximum atomic E-state index is 12.8. The predicted molar refractivity (Wildman–Crippen MR) is 119 cm³/mol. The van der Waals surface area contributed by atoms with Crippen molar-refractivity contribution >= 4 is 17.4 Å². The lowest BCUT2D eigenvalue weighted by atomic mass is 9.99. The molecule has 31 heavy (non-hydrogen) atoms. The molecule has 0 aliphatic carbocycles. The average molecular weight is 409 g/mol. The van der Waals surface area contributed by atoms with Crippen molar-refractivity contribution in [3.8, 4) is 28.3 Å². The Morgan fingerprint density at radius 2 is 1.84 bits per heavy atom. The first-order valence-electron chi connectivity index (χ1n) is 9.82. The molecule has 0 saturated carbocycles. The van der Waals surface area contributed by atoms with Crippen LogP contribution in [0.2, 0.25) is 0 Å². The molecule has 5 rings (SSSR count). The van der Waals surface area contributed by atoms with Gasteiger partial charge in [0.2, 0.25) is 0 Å². The minimum atomic E-state index is -0.292. The quantitative estimate of drug-likeness (QED) is 0.529. The van der Waals surface area contributed by atoms with Gasteiger partial charge in [0.05, 0.1) is 19.0 Å². The van der Waals surface area contributed by atoms with Crippen LogP contribution in [0.5, 0.6) is 5.75 Å². The number of aromatic amines is 1. The van der Waals surface area contributed by atoms with Crippen molar-refractivity contribution in [2.24, 2.45) is 4.99 Å². The van der Waals surface area contributed by atoms with Crippen LogP contribution in [0, 0.1) is 0 Å². The molecule has 0 bridgehead atoms. The highest BCUT2D eigenvalue weighted by Gasteiger charge is 2.24. The smallest absolute Gasteiger partial charge is 0.274 e. The number of amides is 1. The van der Waals surface area contributed by atoms with Crippen LogP contribution in [0.1, 0.15) is 16.1 Å². The molecule has 0 atom stereocenters. The van der Waals surface area contributed by atoms with Crippen LogP contribution in [0.3, 0.4) is 0 Å². The molecule has 2 N–H and O–H groups in total. The first-order chi connectivity index (χ1) is 15.2. The Labute approximate surface area is 178 Å². The van der Waals surface area contributed by atoms with E-state index in [1.807, 2.05) is 54.6 Å². The number of aliphatic imine (C=N–C) groups is 1. The lowest BCUT2D eigenvalue weighted by Crippen LogP contribution is -2.30. The number of nitrogens with one attached hydrogen (secondary N) is 2. The number of pyridine rings is 1. The maximum Gasteiger partial charge on any atom is 0.274 e. The molecule has 152 valence electrons. The number of rotatable bonds is 4. The Morgan fingerprint density at radius 1 is 1.03 bits per heavy atom. The molecule has 0 unspecified atom stereocenters. The van der Waals surface area contributed by atoms with Gasteiger partial charge in [-0.3, -0.25) is 9.78 Å². The highest BCUT2D eigenvalue weighted by Crippen LogP contribution is 2.42. The molecule has 1 aliphatic heterocycles. The minimum Gasteiger partial charge on any atom is -0.496 e. The number of hydrogen-bond acceptors (Lipinski definition) is 5. The second-order valence-electron chi connectivity index (χ2n) is 7.08. The zero-order valence-corrected chi connectivity index (χ0v) is 16.8. The normalized spacial score (nSPS) is 12.2. The van der Waals surface area contributed by atoms with Crippen LogP contribution in [0.25, 0.3) is 22.5 Å². The number of aromatic nitrogens is 3. The SMILES string of the molecule is COc1ccc(-c2ccccc2)c2c1CC(NC(=O)c1cnc(-c3ccncc3)[nH]1)=N2. The van der Waals surface area contributed by atoms with Crippen molar-refractivity contribution in [2.45, 2.75) is 6.42 Å². The summed E-state index contributed by atoms with van der Waals surface area (Å²) in [5.74, 6) is 1.64. The fraction of sp³-hybridized carbons (Fsp3) is 0.0833. The third-order valence-electron chi connectivity index (χ3n) is 5.17. The van der Waals surface area contributed by atoms with Crippen molar-refractivity contribution in [3.05, 3.63) is 84.4 Å². The van der Waals surface area contributed by atoms with E-state index in [4.69, 9.17) is 9.73 Å². The summed E-state index contributed by atoms with van der Waals surface area (Å²) >= 11 is 0. The standard InChI is InChI=1S/C24H19N5O2/c1-31-20-8-7-17(15-5-3-2-4-6-15)22-18(20)13-21(28-22)29-24(30)19-14-26-23(27-19)16-9-11-25-12-10-16/h2-12,14H,13H2,1H3,(H,26,27)(H,28,29,30). The van der Waals surface area contributed by atoms with Crippen molar-refractivity contribution in [1.29, 1.82) is 0 Å². The Balaban J connectivity index is 1.41. The molecule has 0 radical (unpaired) electrons. The van der Waals surface area contributed by atoms with Gasteiger partial charge in [-0.25, -0.2) is 9.98 Å². The van der Waals surface area contributed by atoms with E-state index in [-0.39, 0.29) is 5.91 Å². The lowest BCUT2D eigenvalue weighted by Gasteiger charge is -2.10. The van der Waals surface area contributed by atoms with Gasteiger partial charge in [0.25, 0.3) is 5.91 Å². The van der Waals surface area contributed by atoms with E-state index < -0.39 is 0 Å². The summed E-state index contributed by atoms with van der Waals surface area (Å²) in [7, 11) is 1.64. The second-order valence-corrected chi connectivity index (χ2v) is 7.08. The summed E-state index contributed by atoms with van der Waals surface area (Å²) < 4.78 is 5.53. The van der Waals surface area contributed by atoms with E-state index in [2.05, 4.69) is 20.3 Å². The number of carbonyl (C=O) groups is 1. The van der Waals surface area contributed by atoms with E-state index in [0.29, 0.717) is 23.8 Å². The molecule has 1 aliphatic rings. The summed E-state index contributed by atoms with van der Waals surface area (Å²) in [6.45, 7) is 0. The van der Waals surface area contributed by atoms with E-state index in [1.54, 1.807) is 19.5 Å². The van der Waals surface area contributed by atoms with Gasteiger partial charge in [0.15, 0.2) is 0 Å². The van der Waals surface area contributed by atoms with Gasteiger partial charge < -0.3 is 15.0 Å². The Hall–Kier alpha value is -4.26. The maximum absolute atomic E-state index is 12.8. The van der Waals surface area contributed by atoms with Crippen molar-refractivity contribution in [3.63, 3.8) is 0 Å². The zero-order chi connectivity index (χ0) is 21.2. The first kappa shape index (κ1) is 18.7. The molecule has 0 fully saturated rings. The molecular formula is C24H19N5O2. The Bertz CT molecular complexity index is 1280. The number of methoxy groups -OCH3 is 1. The van der Waals surface area contributed by atoms with Gasteiger partial charge in [-0.15, -0.1) is 0 Å². The summed E-state index contributed by atoms with van der Waals surface area (Å²) in [5.41, 5.74) is 5.07. The molecule has 2 aromatic heterocycles. The molecule has 2 aromatic carbocycles. The van der Waals surface area contributed by atoms with Crippen LogP contribution in [0.4, 0.5) is 5.69 Å². The van der Waals surface area contributed by atoms with E-state index in [1.165, 1.54) is 6.20 Å². The number of nitrogens with zero attached hydrogens (tertiary/aromatic N) is 3. The van der Waals surface area contributed by atoms with Gasteiger partial charge >= 0.3 is 0 Å². The second kappa shape index (κ2) is 7.87. The van der Waals surface area contributed by atoms with E-state index in [0.717, 1.165) is 33.7 Å². The van der Waals surface area contributed by atoms with Gasteiger partial charge in [-0.05, 0) is 29.8 Å². The van der Waals surface area contributed by atoms with Gasteiger partial charge in [0, 0.05) is 35.5 Å². The number of hydrogen-bond donors (Lipinski definition) is 2. The van der Waals surface area contributed by atoms with E-state index >= 15 is 0 Å². The average Bonchev–Trinajstić information content (AvgIpc) is 3.47. The number of amidine groups is 1. The fourth-order valence-electron chi connectivity index (χ4n) is 3.66.